The van der Waals surface area contributed by atoms with Crippen LogP contribution in [0.4, 0.5) is 0 Å². The second-order valence-corrected chi connectivity index (χ2v) is 3.30. The number of H-pyrrole nitrogens is 1. The summed E-state index contributed by atoms with van der Waals surface area (Å²) in [7, 11) is 0. The van der Waals surface area contributed by atoms with E-state index in [4.69, 9.17) is 5.73 Å². The molecule has 1 heterocycles. The summed E-state index contributed by atoms with van der Waals surface area (Å²) < 4.78 is 0. The molecule has 0 bridgehead atoms. The quantitative estimate of drug-likeness (QED) is 0.740. The van der Waals surface area contributed by atoms with Crippen molar-refractivity contribution in [2.75, 3.05) is 0 Å². The number of rotatable bonds is 3. The molecule has 1 aromatic heterocycles. The first kappa shape index (κ1) is 9.99. The first-order valence-electron chi connectivity index (χ1n) is 4.60. The highest BCUT2D eigenvalue weighted by Gasteiger charge is 2.07. The number of pyridine rings is 1. The Balaban J connectivity index is 2.94. The fourth-order valence-corrected chi connectivity index (χ4v) is 1.46. The van der Waals surface area contributed by atoms with Gasteiger partial charge >= 0.3 is 0 Å². The van der Waals surface area contributed by atoms with Crippen LogP contribution in [0.15, 0.2) is 16.9 Å². The van der Waals surface area contributed by atoms with E-state index in [1.54, 1.807) is 0 Å². The van der Waals surface area contributed by atoms with Gasteiger partial charge in [-0.3, -0.25) is 4.79 Å². The molecule has 1 rings (SSSR count). The highest BCUT2D eigenvalue weighted by Crippen LogP contribution is 2.16. The molecule has 0 aromatic carbocycles. The van der Waals surface area contributed by atoms with Crippen molar-refractivity contribution in [2.24, 2.45) is 5.73 Å². The van der Waals surface area contributed by atoms with Crippen molar-refractivity contribution in [1.82, 2.24) is 4.98 Å². The summed E-state index contributed by atoms with van der Waals surface area (Å²) in [5, 5.41) is 0. The predicted octanol–water partition coefficient (Wildman–Crippen LogP) is 1.48. The SMILES string of the molecule is CCCC(N)c1ccc(=O)[nH]c1C. The predicted molar refractivity (Wildman–Crippen MR) is 53.6 cm³/mol. The maximum atomic E-state index is 10.9. The Labute approximate surface area is 78.0 Å². The Bertz CT molecular complexity index is 330. The lowest BCUT2D eigenvalue weighted by Crippen LogP contribution is -2.15. The van der Waals surface area contributed by atoms with Crippen LogP contribution in [-0.4, -0.2) is 4.98 Å². The maximum Gasteiger partial charge on any atom is 0.248 e. The third-order valence-electron chi connectivity index (χ3n) is 2.16. The van der Waals surface area contributed by atoms with Gasteiger partial charge in [-0.05, 0) is 18.9 Å². The van der Waals surface area contributed by atoms with E-state index in [9.17, 15) is 4.79 Å². The van der Waals surface area contributed by atoms with Crippen LogP contribution in [0.1, 0.15) is 37.1 Å². The van der Waals surface area contributed by atoms with Gasteiger partial charge in [-0.15, -0.1) is 0 Å². The molecule has 0 spiro atoms. The first-order chi connectivity index (χ1) is 6.15. The summed E-state index contributed by atoms with van der Waals surface area (Å²) in [6.07, 6.45) is 2.01. The molecule has 0 fully saturated rings. The molecular formula is C10H16N2O. The standard InChI is InChI=1S/C10H16N2O/c1-3-4-9(11)8-5-6-10(13)12-7(8)2/h5-6,9H,3-4,11H2,1-2H3,(H,12,13). The maximum absolute atomic E-state index is 10.9. The topological polar surface area (TPSA) is 58.9 Å². The molecular weight excluding hydrogens is 164 g/mol. The summed E-state index contributed by atoms with van der Waals surface area (Å²) in [6.45, 7) is 3.98. The number of aromatic amines is 1. The van der Waals surface area contributed by atoms with Gasteiger partial charge in [0.05, 0.1) is 0 Å². The van der Waals surface area contributed by atoms with Gasteiger partial charge in [0, 0.05) is 17.8 Å². The lowest BCUT2D eigenvalue weighted by Gasteiger charge is -2.12. The van der Waals surface area contributed by atoms with Crippen LogP contribution in [0.25, 0.3) is 0 Å². The molecule has 0 aliphatic heterocycles. The van der Waals surface area contributed by atoms with Crippen molar-refractivity contribution in [1.29, 1.82) is 0 Å². The molecule has 1 aromatic rings. The highest BCUT2D eigenvalue weighted by atomic mass is 16.1. The summed E-state index contributed by atoms with van der Waals surface area (Å²) >= 11 is 0. The van der Waals surface area contributed by atoms with Crippen molar-refractivity contribution in [2.45, 2.75) is 32.7 Å². The van der Waals surface area contributed by atoms with Crippen LogP contribution in [0, 0.1) is 6.92 Å². The minimum Gasteiger partial charge on any atom is -0.326 e. The summed E-state index contributed by atoms with van der Waals surface area (Å²) in [5.41, 5.74) is 7.80. The largest absolute Gasteiger partial charge is 0.326 e. The number of aromatic nitrogens is 1. The molecule has 0 aliphatic carbocycles. The number of hydrogen-bond acceptors (Lipinski definition) is 2. The molecule has 0 radical (unpaired) electrons. The third kappa shape index (κ3) is 2.42. The van der Waals surface area contributed by atoms with Crippen molar-refractivity contribution in [3.63, 3.8) is 0 Å². The van der Waals surface area contributed by atoms with E-state index in [1.165, 1.54) is 6.07 Å². The first-order valence-corrected chi connectivity index (χ1v) is 4.60. The van der Waals surface area contributed by atoms with Crippen LogP contribution >= 0.6 is 0 Å². The molecule has 0 amide bonds. The zero-order chi connectivity index (χ0) is 9.84. The molecule has 3 heteroatoms. The Morgan fingerprint density at radius 3 is 2.77 bits per heavy atom. The second-order valence-electron chi connectivity index (χ2n) is 3.30. The van der Waals surface area contributed by atoms with Gasteiger partial charge in [-0.25, -0.2) is 0 Å². The Kier molecular flexibility index (Phi) is 3.25. The van der Waals surface area contributed by atoms with Crippen LogP contribution in [0.5, 0.6) is 0 Å². The van der Waals surface area contributed by atoms with E-state index in [1.807, 2.05) is 13.0 Å². The fraction of sp³-hybridized carbons (Fsp3) is 0.500. The summed E-state index contributed by atoms with van der Waals surface area (Å²) in [4.78, 5) is 13.7. The van der Waals surface area contributed by atoms with E-state index in [0.717, 1.165) is 24.1 Å². The molecule has 0 saturated heterocycles. The van der Waals surface area contributed by atoms with Gasteiger partial charge in [0.15, 0.2) is 0 Å². The highest BCUT2D eigenvalue weighted by molar-refractivity contribution is 5.21. The van der Waals surface area contributed by atoms with Crippen molar-refractivity contribution >= 4 is 0 Å². The number of nitrogens with two attached hydrogens (primary N) is 1. The summed E-state index contributed by atoms with van der Waals surface area (Å²) in [5.74, 6) is 0. The van der Waals surface area contributed by atoms with Crippen molar-refractivity contribution in [3.05, 3.63) is 33.7 Å². The van der Waals surface area contributed by atoms with E-state index in [0.29, 0.717) is 0 Å². The number of aryl methyl sites for hydroxylation is 1. The number of nitrogens with one attached hydrogen (secondary N) is 1. The van der Waals surface area contributed by atoms with Crippen molar-refractivity contribution in [3.8, 4) is 0 Å². The Hall–Kier alpha value is -1.09. The molecule has 1 atom stereocenters. The zero-order valence-electron chi connectivity index (χ0n) is 8.13. The van der Waals surface area contributed by atoms with E-state index in [-0.39, 0.29) is 11.6 Å². The van der Waals surface area contributed by atoms with E-state index in [2.05, 4.69) is 11.9 Å². The molecule has 13 heavy (non-hydrogen) atoms. The lowest BCUT2D eigenvalue weighted by atomic mass is 10.0. The minimum absolute atomic E-state index is 0.0434. The zero-order valence-corrected chi connectivity index (χ0v) is 8.13. The molecule has 0 aliphatic rings. The Morgan fingerprint density at radius 1 is 1.54 bits per heavy atom. The van der Waals surface area contributed by atoms with Gasteiger partial charge in [-0.2, -0.15) is 0 Å². The average molecular weight is 180 g/mol. The van der Waals surface area contributed by atoms with Crippen LogP contribution in [0.2, 0.25) is 0 Å². The van der Waals surface area contributed by atoms with Crippen LogP contribution < -0.4 is 11.3 Å². The summed E-state index contributed by atoms with van der Waals surface area (Å²) in [6, 6.07) is 3.38. The fourth-order valence-electron chi connectivity index (χ4n) is 1.46. The van der Waals surface area contributed by atoms with Gasteiger partial charge in [-0.1, -0.05) is 19.4 Å². The minimum atomic E-state index is -0.0649. The van der Waals surface area contributed by atoms with Crippen molar-refractivity contribution < 1.29 is 0 Å². The molecule has 1 unspecified atom stereocenters. The monoisotopic (exact) mass is 180 g/mol. The third-order valence-corrected chi connectivity index (χ3v) is 2.16. The molecule has 3 nitrogen and oxygen atoms in total. The van der Waals surface area contributed by atoms with Gasteiger partial charge in [0.2, 0.25) is 5.56 Å². The Morgan fingerprint density at radius 2 is 2.23 bits per heavy atom. The van der Waals surface area contributed by atoms with Crippen LogP contribution in [0.3, 0.4) is 0 Å². The molecule has 72 valence electrons. The normalized spacial score (nSPS) is 12.8. The van der Waals surface area contributed by atoms with E-state index >= 15 is 0 Å². The lowest BCUT2D eigenvalue weighted by molar-refractivity contribution is 0.631. The second kappa shape index (κ2) is 4.23. The van der Waals surface area contributed by atoms with Crippen LogP contribution in [-0.2, 0) is 0 Å². The smallest absolute Gasteiger partial charge is 0.248 e. The molecule has 3 N–H and O–H groups in total. The van der Waals surface area contributed by atoms with Gasteiger partial charge < -0.3 is 10.7 Å². The molecule has 0 saturated carbocycles. The number of hydrogen-bond donors (Lipinski definition) is 2. The van der Waals surface area contributed by atoms with Gasteiger partial charge in [0.1, 0.15) is 0 Å². The average Bonchev–Trinajstić information content (AvgIpc) is 2.04. The van der Waals surface area contributed by atoms with Gasteiger partial charge in [0.25, 0.3) is 0 Å². The van der Waals surface area contributed by atoms with E-state index < -0.39 is 0 Å².